The number of hydrogen-bond donors (Lipinski definition) is 1. The first kappa shape index (κ1) is 14.2. The fourth-order valence-corrected chi connectivity index (χ4v) is 3.71. The van der Waals surface area contributed by atoms with Crippen LogP contribution in [0.5, 0.6) is 0 Å². The van der Waals surface area contributed by atoms with Gasteiger partial charge in [-0.2, -0.15) is 11.8 Å². The summed E-state index contributed by atoms with van der Waals surface area (Å²) in [4.78, 5) is 0. The summed E-state index contributed by atoms with van der Waals surface area (Å²) in [6, 6.07) is 6.85. The van der Waals surface area contributed by atoms with E-state index in [9.17, 15) is 0 Å². The van der Waals surface area contributed by atoms with Gasteiger partial charge in [0.2, 0.25) is 0 Å². The molecule has 1 aromatic carbocycles. The molecule has 0 saturated heterocycles. The van der Waals surface area contributed by atoms with Crippen LogP contribution in [0.3, 0.4) is 0 Å². The Bertz CT molecular complexity index is 394. The Morgan fingerprint density at radius 1 is 1.39 bits per heavy atom. The van der Waals surface area contributed by atoms with Crippen molar-refractivity contribution in [2.24, 2.45) is 0 Å². The van der Waals surface area contributed by atoms with Crippen molar-refractivity contribution in [1.82, 2.24) is 5.32 Å². The zero-order valence-corrected chi connectivity index (χ0v) is 12.8. The summed E-state index contributed by atoms with van der Waals surface area (Å²) < 4.78 is 0. The number of aryl methyl sites for hydroxylation is 1. The van der Waals surface area contributed by atoms with Crippen LogP contribution in [0.1, 0.15) is 36.8 Å². The summed E-state index contributed by atoms with van der Waals surface area (Å²) >= 11 is 8.00. The molecule has 0 amide bonds. The summed E-state index contributed by atoms with van der Waals surface area (Å²) in [6.45, 7) is 3.10. The number of hydrogen-bond acceptors (Lipinski definition) is 2. The normalized spacial score (nSPS) is 24.2. The van der Waals surface area contributed by atoms with Crippen molar-refractivity contribution in [1.29, 1.82) is 0 Å². The van der Waals surface area contributed by atoms with Crippen LogP contribution in [0, 0.1) is 6.92 Å². The van der Waals surface area contributed by atoms with Crippen LogP contribution in [0.2, 0.25) is 5.02 Å². The van der Waals surface area contributed by atoms with Crippen molar-refractivity contribution in [3.05, 3.63) is 34.3 Å². The second-order valence-corrected chi connectivity index (χ2v) is 6.75. The van der Waals surface area contributed by atoms with E-state index in [1.54, 1.807) is 0 Å². The van der Waals surface area contributed by atoms with Gasteiger partial charge in [0, 0.05) is 22.9 Å². The highest BCUT2D eigenvalue weighted by Gasteiger charge is 2.20. The van der Waals surface area contributed by atoms with Crippen molar-refractivity contribution in [3.63, 3.8) is 0 Å². The first-order chi connectivity index (χ1) is 8.69. The molecule has 1 aliphatic carbocycles. The minimum atomic E-state index is 0.686. The van der Waals surface area contributed by atoms with E-state index in [4.69, 9.17) is 11.6 Å². The largest absolute Gasteiger partial charge is 0.310 e. The first-order valence-electron chi connectivity index (χ1n) is 6.70. The molecule has 18 heavy (non-hydrogen) atoms. The van der Waals surface area contributed by atoms with Crippen LogP contribution in [0.15, 0.2) is 18.2 Å². The molecule has 0 bridgehead atoms. The lowest BCUT2D eigenvalue weighted by Gasteiger charge is -2.29. The molecule has 1 saturated carbocycles. The molecule has 0 heterocycles. The van der Waals surface area contributed by atoms with Gasteiger partial charge in [0.05, 0.1) is 0 Å². The zero-order chi connectivity index (χ0) is 13.0. The predicted octanol–water partition coefficient (Wildman–Crippen LogP) is 4.41. The minimum absolute atomic E-state index is 0.686. The standard InChI is InChI=1S/C15H22ClNS/c1-11-8-13(16)7-6-12(11)10-17-14-4-3-5-15(9-14)18-2/h6-8,14-15,17H,3-5,9-10H2,1-2H3. The Balaban J connectivity index is 1.87. The van der Waals surface area contributed by atoms with E-state index in [0.717, 1.165) is 16.8 Å². The van der Waals surface area contributed by atoms with Gasteiger partial charge in [-0.25, -0.2) is 0 Å². The quantitative estimate of drug-likeness (QED) is 0.878. The fraction of sp³-hybridized carbons (Fsp3) is 0.600. The molecular weight excluding hydrogens is 262 g/mol. The minimum Gasteiger partial charge on any atom is -0.310 e. The molecule has 2 rings (SSSR count). The molecule has 2 atom stereocenters. The number of thioether (sulfide) groups is 1. The smallest absolute Gasteiger partial charge is 0.0408 e. The second kappa shape index (κ2) is 6.83. The van der Waals surface area contributed by atoms with Crippen molar-refractivity contribution in [2.75, 3.05) is 6.26 Å². The van der Waals surface area contributed by atoms with E-state index in [1.807, 2.05) is 23.9 Å². The van der Waals surface area contributed by atoms with Gasteiger partial charge in [-0.3, -0.25) is 0 Å². The lowest BCUT2D eigenvalue weighted by molar-refractivity contribution is 0.379. The maximum atomic E-state index is 5.98. The summed E-state index contributed by atoms with van der Waals surface area (Å²) in [7, 11) is 0. The highest BCUT2D eigenvalue weighted by molar-refractivity contribution is 7.99. The van der Waals surface area contributed by atoms with Crippen LogP contribution in [-0.4, -0.2) is 17.5 Å². The van der Waals surface area contributed by atoms with Crippen LogP contribution >= 0.6 is 23.4 Å². The molecule has 0 spiro atoms. The molecule has 1 fully saturated rings. The summed E-state index contributed by atoms with van der Waals surface area (Å²) in [6.07, 6.45) is 7.62. The average molecular weight is 284 g/mol. The fourth-order valence-electron chi connectivity index (χ4n) is 2.66. The summed E-state index contributed by atoms with van der Waals surface area (Å²) in [5, 5.41) is 5.39. The molecule has 0 aliphatic heterocycles. The molecule has 0 aromatic heterocycles. The molecule has 1 aromatic rings. The van der Waals surface area contributed by atoms with Crippen molar-refractivity contribution in [2.45, 2.75) is 50.4 Å². The Labute approximate surface area is 120 Å². The second-order valence-electron chi connectivity index (χ2n) is 5.17. The number of nitrogens with one attached hydrogen (secondary N) is 1. The van der Waals surface area contributed by atoms with Gasteiger partial charge >= 0.3 is 0 Å². The lowest BCUT2D eigenvalue weighted by Crippen LogP contribution is -2.34. The van der Waals surface area contributed by atoms with Crippen LogP contribution < -0.4 is 5.32 Å². The van der Waals surface area contributed by atoms with E-state index >= 15 is 0 Å². The van der Waals surface area contributed by atoms with E-state index in [2.05, 4.69) is 24.6 Å². The third-order valence-electron chi connectivity index (χ3n) is 3.85. The molecule has 3 heteroatoms. The highest BCUT2D eigenvalue weighted by Crippen LogP contribution is 2.27. The zero-order valence-electron chi connectivity index (χ0n) is 11.2. The molecule has 1 nitrogen and oxygen atoms in total. The summed E-state index contributed by atoms with van der Waals surface area (Å²) in [5.41, 5.74) is 2.65. The topological polar surface area (TPSA) is 12.0 Å². The average Bonchev–Trinajstić information content (AvgIpc) is 2.38. The number of rotatable bonds is 4. The predicted molar refractivity (Wildman–Crippen MR) is 82.6 cm³/mol. The van der Waals surface area contributed by atoms with Gasteiger partial charge in [-0.1, -0.05) is 24.1 Å². The van der Waals surface area contributed by atoms with E-state index in [-0.39, 0.29) is 0 Å². The maximum absolute atomic E-state index is 5.98. The molecule has 1 N–H and O–H groups in total. The van der Waals surface area contributed by atoms with Crippen molar-refractivity contribution < 1.29 is 0 Å². The summed E-state index contributed by atoms with van der Waals surface area (Å²) in [5.74, 6) is 0. The highest BCUT2D eigenvalue weighted by atomic mass is 35.5. The Morgan fingerprint density at radius 2 is 2.22 bits per heavy atom. The van der Waals surface area contributed by atoms with Crippen LogP contribution in [0.25, 0.3) is 0 Å². The van der Waals surface area contributed by atoms with E-state index in [1.165, 1.54) is 36.8 Å². The van der Waals surface area contributed by atoms with Gasteiger partial charge < -0.3 is 5.32 Å². The van der Waals surface area contributed by atoms with Gasteiger partial charge in [0.1, 0.15) is 0 Å². The molecule has 100 valence electrons. The van der Waals surface area contributed by atoms with E-state index in [0.29, 0.717) is 6.04 Å². The molecule has 2 unspecified atom stereocenters. The third kappa shape index (κ3) is 3.91. The van der Waals surface area contributed by atoms with Gasteiger partial charge in [-0.05, 0) is 55.7 Å². The lowest BCUT2D eigenvalue weighted by atomic mass is 9.94. The SMILES string of the molecule is CSC1CCCC(NCc2ccc(Cl)cc2C)C1. The molecule has 1 aliphatic rings. The van der Waals surface area contributed by atoms with Crippen molar-refractivity contribution >= 4 is 23.4 Å². The van der Waals surface area contributed by atoms with E-state index < -0.39 is 0 Å². The van der Waals surface area contributed by atoms with Gasteiger partial charge in [0.25, 0.3) is 0 Å². The first-order valence-corrected chi connectivity index (χ1v) is 8.37. The van der Waals surface area contributed by atoms with Crippen LogP contribution in [0.4, 0.5) is 0 Å². The Hall–Kier alpha value is -0.180. The van der Waals surface area contributed by atoms with Gasteiger partial charge in [-0.15, -0.1) is 0 Å². The number of halogens is 1. The van der Waals surface area contributed by atoms with Crippen LogP contribution in [-0.2, 0) is 6.54 Å². The Kier molecular flexibility index (Phi) is 5.40. The molecular formula is C15H22ClNS. The number of benzene rings is 1. The maximum Gasteiger partial charge on any atom is 0.0408 e. The third-order valence-corrected chi connectivity index (χ3v) is 5.18. The monoisotopic (exact) mass is 283 g/mol. The van der Waals surface area contributed by atoms with Gasteiger partial charge in [0.15, 0.2) is 0 Å². The molecule has 0 radical (unpaired) electrons. The van der Waals surface area contributed by atoms with Crippen molar-refractivity contribution in [3.8, 4) is 0 Å². The Morgan fingerprint density at radius 3 is 2.94 bits per heavy atom.